The van der Waals surface area contributed by atoms with Gasteiger partial charge in [0.15, 0.2) is 0 Å². The van der Waals surface area contributed by atoms with Gasteiger partial charge in [-0.3, -0.25) is 4.79 Å². The summed E-state index contributed by atoms with van der Waals surface area (Å²) < 4.78 is 5.19. The van der Waals surface area contributed by atoms with Crippen molar-refractivity contribution >= 4 is 18.0 Å². The van der Waals surface area contributed by atoms with Crippen LogP contribution >= 0.6 is 0 Å². The Balaban J connectivity index is 2.48. The van der Waals surface area contributed by atoms with Gasteiger partial charge in [-0.15, -0.1) is 0 Å². The molecular formula is C11H18N2O6. The molecule has 108 valence electrons. The van der Waals surface area contributed by atoms with Crippen molar-refractivity contribution in [2.45, 2.75) is 43.9 Å². The molecule has 3 atom stereocenters. The molecule has 1 aliphatic carbocycles. The fourth-order valence-corrected chi connectivity index (χ4v) is 2.12. The zero-order chi connectivity index (χ0) is 14.4. The van der Waals surface area contributed by atoms with Crippen LogP contribution < -0.4 is 10.6 Å². The molecule has 19 heavy (non-hydrogen) atoms. The lowest BCUT2D eigenvalue weighted by atomic mass is 10.2. The van der Waals surface area contributed by atoms with Gasteiger partial charge >= 0.3 is 18.0 Å². The molecule has 2 amide bonds. The first-order chi connectivity index (χ1) is 8.93. The van der Waals surface area contributed by atoms with E-state index in [1.54, 1.807) is 7.11 Å². The van der Waals surface area contributed by atoms with Crippen LogP contribution in [-0.4, -0.2) is 53.5 Å². The molecule has 8 heteroatoms. The summed E-state index contributed by atoms with van der Waals surface area (Å²) in [6.45, 7) is 0. The standard InChI is InChI=1S/C11H18N2O6/c1-19-8-4-2-3-6(8)12-11(18)13-7(10(16)17)5-9(14)15/h6-8H,2-5H2,1H3,(H,14,15)(H,16,17)(H2,12,13,18)/t6?,7-,8?/m0/s1. The van der Waals surface area contributed by atoms with Crippen LogP contribution in [0.1, 0.15) is 25.7 Å². The van der Waals surface area contributed by atoms with E-state index in [0.717, 1.165) is 19.3 Å². The molecule has 0 saturated heterocycles. The van der Waals surface area contributed by atoms with Gasteiger partial charge in [-0.1, -0.05) is 0 Å². The number of carbonyl (C=O) groups excluding carboxylic acids is 1. The van der Waals surface area contributed by atoms with Gasteiger partial charge in [-0.25, -0.2) is 9.59 Å². The second-order valence-electron chi connectivity index (χ2n) is 4.42. The number of urea groups is 1. The van der Waals surface area contributed by atoms with Crippen molar-refractivity contribution in [2.24, 2.45) is 0 Å². The zero-order valence-electron chi connectivity index (χ0n) is 10.6. The normalized spacial score (nSPS) is 23.6. The van der Waals surface area contributed by atoms with Crippen LogP contribution in [0.4, 0.5) is 4.79 Å². The lowest BCUT2D eigenvalue weighted by molar-refractivity contribution is -0.145. The predicted octanol–water partition coefficient (Wildman–Crippen LogP) is -0.219. The number of nitrogens with one attached hydrogen (secondary N) is 2. The monoisotopic (exact) mass is 274 g/mol. The molecule has 0 aliphatic heterocycles. The second kappa shape index (κ2) is 6.93. The Bertz CT molecular complexity index is 359. The molecule has 0 aromatic rings. The molecule has 0 bridgehead atoms. The average Bonchev–Trinajstić information content (AvgIpc) is 2.74. The van der Waals surface area contributed by atoms with Crippen molar-refractivity contribution in [3.05, 3.63) is 0 Å². The second-order valence-corrected chi connectivity index (χ2v) is 4.42. The first-order valence-electron chi connectivity index (χ1n) is 5.98. The van der Waals surface area contributed by atoms with Crippen molar-refractivity contribution in [3.63, 3.8) is 0 Å². The highest BCUT2D eigenvalue weighted by Gasteiger charge is 2.30. The van der Waals surface area contributed by atoms with Crippen molar-refractivity contribution < 1.29 is 29.3 Å². The van der Waals surface area contributed by atoms with Crippen LogP contribution in [0.15, 0.2) is 0 Å². The highest BCUT2D eigenvalue weighted by atomic mass is 16.5. The predicted molar refractivity (Wildman–Crippen MR) is 63.8 cm³/mol. The summed E-state index contributed by atoms with van der Waals surface area (Å²) in [4.78, 5) is 32.9. The number of ether oxygens (including phenoxy) is 1. The maximum Gasteiger partial charge on any atom is 0.326 e. The van der Waals surface area contributed by atoms with Crippen LogP contribution in [0.25, 0.3) is 0 Å². The Labute approximate surface area is 110 Å². The number of carbonyl (C=O) groups is 3. The van der Waals surface area contributed by atoms with Gasteiger partial charge in [-0.05, 0) is 19.3 Å². The fraction of sp³-hybridized carbons (Fsp3) is 0.727. The average molecular weight is 274 g/mol. The maximum atomic E-state index is 11.6. The Morgan fingerprint density at radius 1 is 1.32 bits per heavy atom. The van der Waals surface area contributed by atoms with Gasteiger partial charge in [0, 0.05) is 7.11 Å². The van der Waals surface area contributed by atoms with E-state index in [4.69, 9.17) is 14.9 Å². The number of carboxylic acid groups (broad SMARTS) is 2. The molecule has 0 aromatic carbocycles. The van der Waals surface area contributed by atoms with E-state index >= 15 is 0 Å². The zero-order valence-corrected chi connectivity index (χ0v) is 10.6. The van der Waals surface area contributed by atoms with Crippen LogP contribution in [0.5, 0.6) is 0 Å². The fourth-order valence-electron chi connectivity index (χ4n) is 2.12. The minimum absolute atomic E-state index is 0.0894. The molecule has 0 aromatic heterocycles. The van der Waals surface area contributed by atoms with Gasteiger partial charge < -0.3 is 25.6 Å². The smallest absolute Gasteiger partial charge is 0.326 e. The lowest BCUT2D eigenvalue weighted by Gasteiger charge is -2.21. The van der Waals surface area contributed by atoms with Gasteiger partial charge in [0.05, 0.1) is 18.6 Å². The minimum atomic E-state index is -1.44. The van der Waals surface area contributed by atoms with E-state index < -0.39 is 30.4 Å². The number of aliphatic carboxylic acids is 2. The molecule has 8 nitrogen and oxygen atoms in total. The first-order valence-corrected chi connectivity index (χ1v) is 5.98. The molecule has 0 radical (unpaired) electrons. The van der Waals surface area contributed by atoms with E-state index in [-0.39, 0.29) is 12.1 Å². The summed E-state index contributed by atoms with van der Waals surface area (Å²) in [6, 6.07) is -2.31. The third kappa shape index (κ3) is 4.74. The third-order valence-electron chi connectivity index (χ3n) is 3.05. The summed E-state index contributed by atoms with van der Waals surface area (Å²) >= 11 is 0. The Hall–Kier alpha value is -1.83. The van der Waals surface area contributed by atoms with E-state index in [2.05, 4.69) is 10.6 Å². The summed E-state index contributed by atoms with van der Waals surface area (Å²) in [6.07, 6.45) is 1.75. The summed E-state index contributed by atoms with van der Waals surface area (Å²) in [5, 5.41) is 22.1. The number of rotatable bonds is 6. The summed E-state index contributed by atoms with van der Waals surface area (Å²) in [7, 11) is 1.55. The molecule has 2 unspecified atom stereocenters. The first kappa shape index (κ1) is 15.2. The molecule has 4 N–H and O–H groups in total. The van der Waals surface area contributed by atoms with Gasteiger partial charge in [-0.2, -0.15) is 0 Å². The van der Waals surface area contributed by atoms with E-state index in [1.807, 2.05) is 0 Å². The summed E-state index contributed by atoms with van der Waals surface area (Å²) in [5.74, 6) is -2.67. The van der Waals surface area contributed by atoms with Crippen LogP contribution in [0, 0.1) is 0 Å². The van der Waals surface area contributed by atoms with Gasteiger partial charge in [0.2, 0.25) is 0 Å². The van der Waals surface area contributed by atoms with Crippen LogP contribution in [-0.2, 0) is 14.3 Å². The molecule has 0 spiro atoms. The SMILES string of the molecule is COC1CCCC1NC(=O)N[C@@H](CC(=O)O)C(=O)O. The molecule has 1 rings (SSSR count). The lowest BCUT2D eigenvalue weighted by Crippen LogP contribution is -2.51. The van der Waals surface area contributed by atoms with Gasteiger partial charge in [0.25, 0.3) is 0 Å². The van der Waals surface area contributed by atoms with Crippen molar-refractivity contribution in [3.8, 4) is 0 Å². The van der Waals surface area contributed by atoms with Crippen molar-refractivity contribution in [1.29, 1.82) is 0 Å². The Morgan fingerprint density at radius 3 is 2.53 bits per heavy atom. The summed E-state index contributed by atoms with van der Waals surface area (Å²) in [5.41, 5.74) is 0. The molecule has 0 heterocycles. The topological polar surface area (TPSA) is 125 Å². The molecule has 1 aliphatic rings. The number of hydrogen-bond donors (Lipinski definition) is 4. The van der Waals surface area contributed by atoms with E-state index in [1.165, 1.54) is 0 Å². The maximum absolute atomic E-state index is 11.6. The minimum Gasteiger partial charge on any atom is -0.481 e. The van der Waals surface area contributed by atoms with Crippen LogP contribution in [0.3, 0.4) is 0 Å². The number of carboxylic acids is 2. The number of amides is 2. The quantitative estimate of drug-likeness (QED) is 0.530. The molecule has 1 saturated carbocycles. The largest absolute Gasteiger partial charge is 0.481 e. The number of hydrogen-bond acceptors (Lipinski definition) is 4. The van der Waals surface area contributed by atoms with Crippen molar-refractivity contribution in [1.82, 2.24) is 10.6 Å². The molecular weight excluding hydrogens is 256 g/mol. The Kier molecular flexibility index (Phi) is 5.56. The van der Waals surface area contributed by atoms with E-state index in [9.17, 15) is 14.4 Å². The van der Waals surface area contributed by atoms with Gasteiger partial charge in [0.1, 0.15) is 6.04 Å². The highest BCUT2D eigenvalue weighted by molar-refractivity contribution is 5.86. The molecule has 1 fully saturated rings. The third-order valence-corrected chi connectivity index (χ3v) is 3.05. The number of methoxy groups -OCH3 is 1. The van der Waals surface area contributed by atoms with Crippen LogP contribution in [0.2, 0.25) is 0 Å². The highest BCUT2D eigenvalue weighted by Crippen LogP contribution is 2.21. The van der Waals surface area contributed by atoms with Crippen molar-refractivity contribution in [2.75, 3.05) is 7.11 Å². The Morgan fingerprint density at radius 2 is 2.00 bits per heavy atom. The van der Waals surface area contributed by atoms with E-state index in [0.29, 0.717) is 0 Å².